The molecule has 8 aromatic rings. The van der Waals surface area contributed by atoms with Crippen molar-refractivity contribution in [2.45, 2.75) is 25.7 Å². The molecule has 336 valence electrons. The van der Waals surface area contributed by atoms with Gasteiger partial charge in [-0.1, -0.05) is 48.5 Å². The molecule has 4 heterocycles. The van der Waals surface area contributed by atoms with E-state index in [1.807, 2.05) is 97.1 Å². The number of rotatable bonds is 24. The van der Waals surface area contributed by atoms with E-state index in [4.69, 9.17) is 18.9 Å². The lowest BCUT2D eigenvalue weighted by molar-refractivity contribution is -0.170. The number of carbonyl (C=O) groups excluding carboxylic acids is 4. The summed E-state index contributed by atoms with van der Waals surface area (Å²) in [5.74, 6) is -0.498. The van der Waals surface area contributed by atoms with E-state index in [2.05, 4.69) is 61.1 Å². The van der Waals surface area contributed by atoms with Crippen LogP contribution < -0.4 is 21.3 Å². The molecule has 0 radical (unpaired) electrons. The first-order valence-corrected chi connectivity index (χ1v) is 21.1. The van der Waals surface area contributed by atoms with Crippen LogP contribution in [0.1, 0.15) is 25.7 Å². The van der Waals surface area contributed by atoms with E-state index in [-0.39, 0.29) is 51.9 Å². The highest BCUT2D eigenvalue weighted by molar-refractivity contribution is 5.80. The maximum atomic E-state index is 13.2. The summed E-state index contributed by atoms with van der Waals surface area (Å²) in [6.45, 7) is -0.963. The van der Waals surface area contributed by atoms with E-state index >= 15 is 0 Å². The van der Waals surface area contributed by atoms with Gasteiger partial charge in [-0.3, -0.25) is 19.2 Å². The quantitative estimate of drug-likeness (QED) is 0.0269. The Hall–Kier alpha value is -8.16. The van der Waals surface area contributed by atoms with Crippen molar-refractivity contribution in [3.8, 4) is 0 Å². The lowest BCUT2D eigenvalue weighted by Crippen LogP contribution is -2.44. The number of hydrogen-bond donors (Lipinski definition) is 8. The van der Waals surface area contributed by atoms with Gasteiger partial charge in [0.1, 0.15) is 31.8 Å². The zero-order valence-electron chi connectivity index (χ0n) is 35.3. The van der Waals surface area contributed by atoms with Crippen LogP contribution in [0.4, 0.5) is 23.8 Å². The highest BCUT2D eigenvalue weighted by Gasteiger charge is 2.38. The number of para-hydroxylation sites is 8. The fourth-order valence-corrected chi connectivity index (χ4v) is 6.75. The minimum atomic E-state index is -1.49. The first kappa shape index (κ1) is 43.5. The molecular formula is C45H48N12O8. The summed E-state index contributed by atoms with van der Waals surface area (Å²) in [5, 5.41) is 12.3. The molecule has 0 unspecified atom stereocenters. The van der Waals surface area contributed by atoms with E-state index in [1.54, 1.807) is 0 Å². The van der Waals surface area contributed by atoms with Crippen LogP contribution in [0.3, 0.4) is 0 Å². The van der Waals surface area contributed by atoms with Gasteiger partial charge in [0.05, 0.1) is 69.8 Å². The Morgan fingerprint density at radius 2 is 0.615 bits per heavy atom. The number of benzene rings is 4. The second kappa shape index (κ2) is 20.8. The van der Waals surface area contributed by atoms with Crippen LogP contribution in [-0.2, 0) is 38.1 Å². The third-order valence-corrected chi connectivity index (χ3v) is 10.2. The van der Waals surface area contributed by atoms with E-state index in [1.165, 1.54) is 0 Å². The van der Waals surface area contributed by atoms with Crippen LogP contribution >= 0.6 is 0 Å². The highest BCUT2D eigenvalue weighted by Crippen LogP contribution is 2.23. The number of anilines is 4. The predicted molar refractivity (Wildman–Crippen MR) is 243 cm³/mol. The number of aromatic amines is 4. The number of carbonyl (C=O) groups is 4. The molecule has 0 fully saturated rings. The topological polar surface area (TPSA) is 268 Å². The molecule has 0 spiro atoms. The first-order valence-electron chi connectivity index (χ1n) is 21.1. The molecule has 20 heteroatoms. The van der Waals surface area contributed by atoms with E-state index in [0.717, 1.165) is 44.1 Å². The molecule has 0 saturated carbocycles. The minimum Gasteiger partial charge on any atom is -0.465 e. The summed E-state index contributed by atoms with van der Waals surface area (Å²) in [7, 11) is 0. The molecule has 0 amide bonds. The Morgan fingerprint density at radius 1 is 0.385 bits per heavy atom. The van der Waals surface area contributed by atoms with Crippen LogP contribution in [0.2, 0.25) is 0 Å². The number of hydrogen-bond acceptors (Lipinski definition) is 16. The van der Waals surface area contributed by atoms with Gasteiger partial charge in [-0.15, -0.1) is 0 Å². The number of aromatic nitrogens is 8. The maximum absolute atomic E-state index is 13.2. The Morgan fingerprint density at radius 3 is 0.846 bits per heavy atom. The van der Waals surface area contributed by atoms with Gasteiger partial charge >= 0.3 is 23.9 Å². The number of nitrogens with zero attached hydrogens (tertiary/aromatic N) is 4. The lowest BCUT2D eigenvalue weighted by Gasteiger charge is -2.31. The second-order valence-electron chi connectivity index (χ2n) is 15.3. The van der Waals surface area contributed by atoms with E-state index in [9.17, 15) is 19.2 Å². The average Bonchev–Trinajstić information content (AvgIpc) is 4.12. The van der Waals surface area contributed by atoms with Crippen molar-refractivity contribution in [1.29, 1.82) is 0 Å². The lowest BCUT2D eigenvalue weighted by atomic mass is 9.92. The molecule has 0 aliphatic carbocycles. The number of imidazole rings is 4. The Kier molecular flexibility index (Phi) is 13.9. The summed E-state index contributed by atoms with van der Waals surface area (Å²) in [6.07, 6.45) is -0.274. The van der Waals surface area contributed by atoms with Crippen molar-refractivity contribution in [1.82, 2.24) is 39.9 Å². The molecule has 0 aliphatic heterocycles. The fraction of sp³-hybridized carbons (Fsp3) is 0.289. The third-order valence-electron chi connectivity index (χ3n) is 10.2. The standard InChI is InChI=1S/C45H48N12O8/c58-37(17-21-46-41-50-29-9-1-2-10-30(29)51-41)62-25-45(26-63-38(59)18-22-47-42-52-31-11-3-4-12-32(31)53-42,27-64-39(60)19-23-48-43-54-33-13-5-6-14-34(33)55-43)28-65-40(61)20-24-49-44-56-35-15-7-8-16-36(35)57-44/h1-16H,17-28H2,(H2,46,50,51)(H2,47,52,53)(H2,48,54,55)(H2,49,56,57). The minimum absolute atomic E-state index is 0.0686. The first-order chi connectivity index (χ1) is 31.8. The summed E-state index contributed by atoms with van der Waals surface area (Å²) < 4.78 is 23.0. The van der Waals surface area contributed by atoms with Crippen LogP contribution in [0, 0.1) is 5.41 Å². The van der Waals surface area contributed by atoms with Crippen molar-refractivity contribution in [2.75, 3.05) is 73.9 Å². The number of nitrogens with one attached hydrogen (secondary N) is 8. The van der Waals surface area contributed by atoms with Crippen molar-refractivity contribution >= 4 is 91.8 Å². The molecule has 4 aromatic carbocycles. The normalized spacial score (nSPS) is 11.4. The zero-order valence-corrected chi connectivity index (χ0v) is 35.3. The van der Waals surface area contributed by atoms with E-state index in [0.29, 0.717) is 23.8 Å². The summed E-state index contributed by atoms with van der Waals surface area (Å²) in [6, 6.07) is 30.1. The number of H-pyrrole nitrogens is 4. The molecule has 65 heavy (non-hydrogen) atoms. The Balaban J connectivity index is 0.910. The van der Waals surface area contributed by atoms with Crippen LogP contribution in [0.25, 0.3) is 44.1 Å². The average molecular weight is 885 g/mol. The zero-order chi connectivity index (χ0) is 44.9. The number of esters is 4. The highest BCUT2D eigenvalue weighted by atomic mass is 16.6. The van der Waals surface area contributed by atoms with Gasteiger partial charge in [0.15, 0.2) is 0 Å². The number of fused-ring (bicyclic) bond motifs is 4. The molecule has 0 atom stereocenters. The fourth-order valence-electron chi connectivity index (χ4n) is 6.75. The van der Waals surface area contributed by atoms with Crippen molar-refractivity contribution in [3.63, 3.8) is 0 Å². The van der Waals surface area contributed by atoms with Gasteiger partial charge in [-0.2, -0.15) is 0 Å². The molecule has 4 aromatic heterocycles. The van der Waals surface area contributed by atoms with Crippen molar-refractivity contribution in [3.05, 3.63) is 97.1 Å². The Labute approximate surface area is 371 Å². The third kappa shape index (κ3) is 12.1. The van der Waals surface area contributed by atoms with Gasteiger partial charge in [-0.05, 0) is 48.5 Å². The maximum Gasteiger partial charge on any atom is 0.307 e. The molecule has 0 saturated heterocycles. The van der Waals surface area contributed by atoms with Crippen LogP contribution in [-0.4, -0.2) is 116 Å². The summed E-state index contributed by atoms with van der Waals surface area (Å²) in [4.78, 5) is 83.4. The summed E-state index contributed by atoms with van der Waals surface area (Å²) >= 11 is 0. The van der Waals surface area contributed by atoms with Gasteiger partial charge in [0, 0.05) is 26.2 Å². The van der Waals surface area contributed by atoms with Gasteiger partial charge in [0.2, 0.25) is 23.8 Å². The SMILES string of the molecule is O=C(CCNc1nc2ccccc2[nH]1)OCC(COC(=O)CCNc1nc2ccccc2[nH]1)(COC(=O)CCNc1nc2ccccc2[nH]1)COC(=O)CCNc1nc2ccccc2[nH]1. The Bertz CT molecular complexity index is 2360. The largest absolute Gasteiger partial charge is 0.465 e. The van der Waals surface area contributed by atoms with E-state index < -0.39 is 55.7 Å². The second-order valence-corrected chi connectivity index (χ2v) is 15.3. The van der Waals surface area contributed by atoms with Crippen molar-refractivity contribution < 1.29 is 38.1 Å². The number of ether oxygens (including phenoxy) is 4. The molecule has 0 aliphatic rings. The van der Waals surface area contributed by atoms with Gasteiger partial charge < -0.3 is 60.2 Å². The summed E-state index contributed by atoms with van der Waals surface area (Å²) in [5.41, 5.74) is 4.91. The molecule has 20 nitrogen and oxygen atoms in total. The van der Waals surface area contributed by atoms with Crippen LogP contribution in [0.5, 0.6) is 0 Å². The predicted octanol–water partition coefficient (Wildman–Crippen LogP) is 5.66. The molecular weight excluding hydrogens is 837 g/mol. The monoisotopic (exact) mass is 884 g/mol. The van der Waals surface area contributed by atoms with Crippen molar-refractivity contribution in [2.24, 2.45) is 5.41 Å². The van der Waals surface area contributed by atoms with Gasteiger partial charge in [0.25, 0.3) is 0 Å². The van der Waals surface area contributed by atoms with Crippen LogP contribution in [0.15, 0.2) is 97.1 Å². The smallest absolute Gasteiger partial charge is 0.307 e. The van der Waals surface area contributed by atoms with Gasteiger partial charge in [-0.25, -0.2) is 19.9 Å². The molecule has 8 rings (SSSR count). The molecule has 8 N–H and O–H groups in total. The molecule has 0 bridgehead atoms.